The number of nitrogens with two attached hydrogens (primary N) is 1. The first-order valence-electron chi connectivity index (χ1n) is 11.4. The summed E-state index contributed by atoms with van der Waals surface area (Å²) >= 11 is 1.36. The van der Waals surface area contributed by atoms with E-state index in [1.54, 1.807) is 19.2 Å². The van der Waals surface area contributed by atoms with E-state index in [9.17, 15) is 8.42 Å². The van der Waals surface area contributed by atoms with Gasteiger partial charge in [0, 0.05) is 22.5 Å². The number of hydrogen-bond acceptors (Lipinski definition) is 7. The molecule has 182 valence electrons. The lowest BCUT2D eigenvalue weighted by atomic mass is 9.79. The number of aryl methyl sites for hydroxylation is 2. The fraction of sp³-hybridized carbons (Fsp3) is 0.400. The predicted molar refractivity (Wildman–Crippen MR) is 138 cm³/mol. The molecule has 1 aromatic heterocycles. The van der Waals surface area contributed by atoms with Crippen LogP contribution in [-0.4, -0.2) is 33.3 Å². The van der Waals surface area contributed by atoms with E-state index < -0.39 is 10.0 Å². The summed E-state index contributed by atoms with van der Waals surface area (Å²) in [7, 11) is -2.02. The number of sulfonamides is 1. The van der Waals surface area contributed by atoms with E-state index in [1.165, 1.54) is 27.5 Å². The Morgan fingerprint density at radius 3 is 2.56 bits per heavy atom. The molecule has 1 saturated heterocycles. The van der Waals surface area contributed by atoms with Crippen molar-refractivity contribution in [1.29, 1.82) is 0 Å². The van der Waals surface area contributed by atoms with Gasteiger partial charge in [-0.05, 0) is 62.9 Å². The van der Waals surface area contributed by atoms with Gasteiger partial charge in [0.2, 0.25) is 15.2 Å². The molecule has 1 aliphatic heterocycles. The van der Waals surface area contributed by atoms with Crippen molar-refractivity contribution in [2.75, 3.05) is 24.2 Å². The van der Waals surface area contributed by atoms with Gasteiger partial charge in [-0.25, -0.2) is 17.7 Å². The van der Waals surface area contributed by atoms with E-state index in [1.807, 2.05) is 38.1 Å². The van der Waals surface area contributed by atoms with Gasteiger partial charge in [0.15, 0.2) is 0 Å². The highest BCUT2D eigenvalue weighted by Gasteiger charge is 2.34. The first-order valence-corrected chi connectivity index (χ1v) is 14.0. The number of methoxy groups -OCH3 is 1. The van der Waals surface area contributed by atoms with Gasteiger partial charge in [0.25, 0.3) is 0 Å². The summed E-state index contributed by atoms with van der Waals surface area (Å²) in [6.07, 6.45) is 3.18. The Morgan fingerprint density at radius 1 is 1.21 bits per heavy atom. The largest absolute Gasteiger partial charge is 0.496 e. The minimum Gasteiger partial charge on any atom is -0.496 e. The SMILES string of the molecule is COc1ccc(N(c2nc(C)c(C)s2)S(C)(=O)=O)cc1C(N)C1CCCNC1c1ccccc1. The van der Waals surface area contributed by atoms with Gasteiger partial charge in [0.1, 0.15) is 5.75 Å². The van der Waals surface area contributed by atoms with Crippen LogP contribution in [0.4, 0.5) is 10.8 Å². The molecule has 1 fully saturated rings. The summed E-state index contributed by atoms with van der Waals surface area (Å²) in [6.45, 7) is 4.75. The topological polar surface area (TPSA) is 97.5 Å². The molecular weight excluding hydrogens is 468 g/mol. The maximum absolute atomic E-state index is 12.8. The van der Waals surface area contributed by atoms with Crippen LogP contribution in [0.1, 0.15) is 46.6 Å². The standard InChI is InChI=1S/C25H32N4O3S2/c1-16-17(2)33-25(28-16)29(34(4,30)31)19-12-13-22(32-3)21(15-19)23(26)20-11-8-14-27-24(20)18-9-6-5-7-10-18/h5-7,9-10,12-13,15,20,23-24,27H,8,11,14,26H2,1-4H3. The quantitative estimate of drug-likeness (QED) is 0.492. The van der Waals surface area contributed by atoms with Crippen molar-refractivity contribution in [1.82, 2.24) is 10.3 Å². The first kappa shape index (κ1) is 24.7. The number of ether oxygens (including phenoxy) is 1. The van der Waals surface area contributed by atoms with Crippen molar-refractivity contribution in [3.05, 3.63) is 70.2 Å². The first-order chi connectivity index (χ1) is 16.2. The Kier molecular flexibility index (Phi) is 7.28. The van der Waals surface area contributed by atoms with Crippen LogP contribution in [-0.2, 0) is 10.0 Å². The predicted octanol–water partition coefficient (Wildman–Crippen LogP) is 4.61. The third kappa shape index (κ3) is 4.98. The number of hydrogen-bond donors (Lipinski definition) is 2. The van der Waals surface area contributed by atoms with Crippen LogP contribution < -0.4 is 20.1 Å². The van der Waals surface area contributed by atoms with Gasteiger partial charge in [-0.2, -0.15) is 0 Å². The van der Waals surface area contributed by atoms with Crippen molar-refractivity contribution in [2.45, 2.75) is 38.8 Å². The van der Waals surface area contributed by atoms with Crippen LogP contribution in [0.3, 0.4) is 0 Å². The second-order valence-corrected chi connectivity index (χ2v) is 11.8. The van der Waals surface area contributed by atoms with Gasteiger partial charge >= 0.3 is 0 Å². The summed E-state index contributed by atoms with van der Waals surface area (Å²) in [5.74, 6) is 0.768. The second-order valence-electron chi connectivity index (χ2n) is 8.77. The minimum atomic E-state index is -3.63. The van der Waals surface area contributed by atoms with Crippen molar-refractivity contribution < 1.29 is 13.2 Å². The maximum Gasteiger partial charge on any atom is 0.238 e. The number of benzene rings is 2. The maximum atomic E-state index is 12.8. The zero-order valence-electron chi connectivity index (χ0n) is 20.0. The van der Waals surface area contributed by atoms with E-state index in [-0.39, 0.29) is 18.0 Å². The zero-order chi connectivity index (χ0) is 24.5. The molecule has 2 aromatic carbocycles. The highest BCUT2D eigenvalue weighted by atomic mass is 32.2. The Labute approximate surface area is 206 Å². The average Bonchev–Trinajstić information content (AvgIpc) is 3.15. The molecule has 0 amide bonds. The summed E-state index contributed by atoms with van der Waals surface area (Å²) in [4.78, 5) is 5.48. The lowest BCUT2D eigenvalue weighted by Crippen LogP contribution is -2.39. The van der Waals surface area contributed by atoms with E-state index in [0.717, 1.165) is 35.5 Å². The van der Waals surface area contributed by atoms with Gasteiger partial charge < -0.3 is 15.8 Å². The average molecular weight is 501 g/mol. The summed E-state index contributed by atoms with van der Waals surface area (Å²) in [5.41, 5.74) is 10.2. The van der Waals surface area contributed by atoms with Gasteiger partial charge in [-0.15, -0.1) is 11.3 Å². The molecule has 7 nitrogen and oxygen atoms in total. The molecule has 4 rings (SSSR count). The second kappa shape index (κ2) is 10.0. The number of aromatic nitrogens is 1. The molecule has 2 heterocycles. The highest BCUT2D eigenvalue weighted by molar-refractivity contribution is 7.92. The van der Waals surface area contributed by atoms with Crippen LogP contribution >= 0.6 is 11.3 Å². The number of anilines is 2. The van der Waals surface area contributed by atoms with Gasteiger partial charge in [-0.3, -0.25) is 0 Å². The fourth-order valence-corrected chi connectivity index (χ4v) is 6.83. The molecule has 9 heteroatoms. The normalized spacial score (nSPS) is 19.6. The smallest absolute Gasteiger partial charge is 0.238 e. The van der Waals surface area contributed by atoms with Crippen LogP contribution in [0.2, 0.25) is 0 Å². The van der Waals surface area contributed by atoms with Crippen molar-refractivity contribution in [3.63, 3.8) is 0 Å². The van der Waals surface area contributed by atoms with Crippen LogP contribution in [0, 0.1) is 19.8 Å². The molecule has 3 unspecified atom stereocenters. The Morgan fingerprint density at radius 2 is 1.94 bits per heavy atom. The molecule has 0 bridgehead atoms. The molecule has 0 spiro atoms. The third-order valence-electron chi connectivity index (χ3n) is 6.46. The monoisotopic (exact) mass is 500 g/mol. The molecule has 0 saturated carbocycles. The van der Waals surface area contributed by atoms with Crippen molar-refractivity contribution in [3.8, 4) is 5.75 Å². The van der Waals surface area contributed by atoms with Crippen molar-refractivity contribution >= 4 is 32.2 Å². The Balaban J connectivity index is 1.77. The number of thiazole rings is 1. The van der Waals surface area contributed by atoms with E-state index >= 15 is 0 Å². The molecule has 1 aliphatic rings. The summed E-state index contributed by atoms with van der Waals surface area (Å²) in [5, 5.41) is 4.05. The van der Waals surface area contributed by atoms with Crippen LogP contribution in [0.25, 0.3) is 0 Å². The number of nitrogens with one attached hydrogen (secondary N) is 1. The lowest BCUT2D eigenvalue weighted by molar-refractivity contribution is 0.241. The highest BCUT2D eigenvalue weighted by Crippen LogP contribution is 2.42. The van der Waals surface area contributed by atoms with E-state index in [0.29, 0.717) is 16.6 Å². The molecule has 3 atom stereocenters. The third-order valence-corrected chi connectivity index (χ3v) is 8.68. The van der Waals surface area contributed by atoms with E-state index in [2.05, 4.69) is 22.4 Å². The molecule has 3 N–H and O–H groups in total. The Bertz CT molecular complexity index is 1220. The number of piperidine rings is 1. The summed E-state index contributed by atoms with van der Waals surface area (Å²) in [6, 6.07) is 15.5. The summed E-state index contributed by atoms with van der Waals surface area (Å²) < 4.78 is 32.7. The Hall–Kier alpha value is -2.46. The number of rotatable bonds is 7. The van der Waals surface area contributed by atoms with Gasteiger partial charge in [0.05, 0.1) is 24.7 Å². The van der Waals surface area contributed by atoms with Crippen LogP contribution in [0.5, 0.6) is 5.75 Å². The van der Waals surface area contributed by atoms with Crippen LogP contribution in [0.15, 0.2) is 48.5 Å². The zero-order valence-corrected chi connectivity index (χ0v) is 21.6. The van der Waals surface area contributed by atoms with Gasteiger partial charge in [-0.1, -0.05) is 30.3 Å². The molecular formula is C25H32N4O3S2. The molecule has 34 heavy (non-hydrogen) atoms. The molecule has 3 aromatic rings. The molecule has 0 radical (unpaired) electrons. The lowest BCUT2D eigenvalue weighted by Gasteiger charge is -2.37. The fourth-order valence-electron chi connectivity index (χ4n) is 4.65. The minimum absolute atomic E-state index is 0.105. The van der Waals surface area contributed by atoms with E-state index in [4.69, 9.17) is 10.5 Å². The number of nitrogens with zero attached hydrogens (tertiary/aromatic N) is 2. The molecule has 0 aliphatic carbocycles. The van der Waals surface area contributed by atoms with Crippen molar-refractivity contribution in [2.24, 2.45) is 11.7 Å².